The van der Waals surface area contributed by atoms with Gasteiger partial charge in [0, 0.05) is 13.1 Å². The van der Waals surface area contributed by atoms with Crippen LogP contribution >= 0.6 is 0 Å². The highest BCUT2D eigenvalue weighted by molar-refractivity contribution is 5.69. The van der Waals surface area contributed by atoms with Crippen LogP contribution in [0.4, 0.5) is 5.69 Å². The summed E-state index contributed by atoms with van der Waals surface area (Å²) in [5.41, 5.74) is 0.920. The van der Waals surface area contributed by atoms with Crippen LogP contribution in [0.2, 0.25) is 0 Å². The number of hydrogen-bond acceptors (Lipinski definition) is 4. The van der Waals surface area contributed by atoms with Crippen molar-refractivity contribution in [3.05, 3.63) is 18.2 Å². The average molecular weight is 251 g/mol. The molecule has 0 radical (unpaired) electrons. The summed E-state index contributed by atoms with van der Waals surface area (Å²) in [6.07, 6.45) is -0.342. The number of hydrogen-bond donors (Lipinski definition) is 1. The number of anilines is 1. The predicted molar refractivity (Wildman–Crippen MR) is 67.5 cm³/mol. The number of ether oxygens (including phenoxy) is 2. The molecule has 1 N–H and O–H groups in total. The quantitative estimate of drug-likeness (QED) is 0.887. The maximum Gasteiger partial charge on any atom is 0.307 e. The zero-order valence-electron chi connectivity index (χ0n) is 10.7. The minimum absolute atomic E-state index is 0.000654. The molecule has 0 saturated carbocycles. The molecule has 5 heteroatoms. The molecule has 1 aromatic carbocycles. The van der Waals surface area contributed by atoms with Gasteiger partial charge in [0.05, 0.1) is 25.3 Å². The van der Waals surface area contributed by atoms with Crippen molar-refractivity contribution in [1.29, 1.82) is 0 Å². The fourth-order valence-corrected chi connectivity index (χ4v) is 2.11. The standard InChI is InChI=1S/C13H17NO4/c1-8-12(7-13(15)16)18-11-5-4-9(17-3)6-10(11)14(8)2/h4-6,8,12H,7H2,1-3H3,(H,15,16). The Morgan fingerprint density at radius 2 is 2.28 bits per heavy atom. The van der Waals surface area contributed by atoms with Crippen molar-refractivity contribution < 1.29 is 19.4 Å². The molecular weight excluding hydrogens is 234 g/mol. The molecule has 2 atom stereocenters. The summed E-state index contributed by atoms with van der Waals surface area (Å²) in [7, 11) is 3.54. The molecule has 0 saturated heterocycles. The van der Waals surface area contributed by atoms with E-state index in [1.165, 1.54) is 0 Å². The highest BCUT2D eigenvalue weighted by Crippen LogP contribution is 2.38. The van der Waals surface area contributed by atoms with E-state index in [2.05, 4.69) is 0 Å². The van der Waals surface area contributed by atoms with Gasteiger partial charge in [-0.1, -0.05) is 0 Å². The first kappa shape index (κ1) is 12.5. The van der Waals surface area contributed by atoms with Crippen LogP contribution in [0, 0.1) is 0 Å². The number of methoxy groups -OCH3 is 1. The van der Waals surface area contributed by atoms with Gasteiger partial charge in [-0.2, -0.15) is 0 Å². The van der Waals surface area contributed by atoms with Gasteiger partial charge in [-0.3, -0.25) is 4.79 Å². The average Bonchev–Trinajstić information content (AvgIpc) is 2.35. The second-order valence-electron chi connectivity index (χ2n) is 4.44. The third kappa shape index (κ3) is 2.20. The number of carbonyl (C=O) groups is 1. The maximum absolute atomic E-state index is 10.8. The van der Waals surface area contributed by atoms with E-state index < -0.39 is 5.97 Å². The molecule has 5 nitrogen and oxygen atoms in total. The van der Waals surface area contributed by atoms with Crippen LogP contribution in [-0.4, -0.2) is 37.4 Å². The summed E-state index contributed by atoms with van der Waals surface area (Å²) in [5.74, 6) is 0.605. The van der Waals surface area contributed by atoms with Gasteiger partial charge in [0.2, 0.25) is 0 Å². The SMILES string of the molecule is COc1ccc2c(c1)N(C)C(C)C(CC(=O)O)O2. The zero-order valence-corrected chi connectivity index (χ0v) is 10.7. The van der Waals surface area contributed by atoms with E-state index in [-0.39, 0.29) is 18.6 Å². The van der Waals surface area contributed by atoms with Gasteiger partial charge < -0.3 is 19.5 Å². The number of carboxylic acids is 1. The van der Waals surface area contributed by atoms with Crippen molar-refractivity contribution in [1.82, 2.24) is 0 Å². The molecule has 2 unspecified atom stereocenters. The number of fused-ring (bicyclic) bond motifs is 1. The van der Waals surface area contributed by atoms with E-state index in [0.29, 0.717) is 5.75 Å². The Morgan fingerprint density at radius 1 is 1.56 bits per heavy atom. The van der Waals surface area contributed by atoms with Crippen LogP contribution in [0.15, 0.2) is 18.2 Å². The molecule has 0 fully saturated rings. The van der Waals surface area contributed by atoms with Crippen LogP contribution in [0.5, 0.6) is 11.5 Å². The summed E-state index contributed by atoms with van der Waals surface area (Å²) >= 11 is 0. The molecule has 0 aromatic heterocycles. The Balaban J connectivity index is 2.31. The molecule has 1 heterocycles. The fourth-order valence-electron chi connectivity index (χ4n) is 2.11. The summed E-state index contributed by atoms with van der Waals surface area (Å²) in [6, 6.07) is 5.51. The van der Waals surface area contributed by atoms with Crippen LogP contribution in [0.25, 0.3) is 0 Å². The van der Waals surface area contributed by atoms with Gasteiger partial charge in [-0.25, -0.2) is 0 Å². The molecular formula is C13H17NO4. The Hall–Kier alpha value is -1.91. The Labute approximate surface area is 106 Å². The summed E-state index contributed by atoms with van der Waals surface area (Å²) < 4.78 is 10.9. The van der Waals surface area contributed by atoms with E-state index in [4.69, 9.17) is 14.6 Å². The van der Waals surface area contributed by atoms with E-state index >= 15 is 0 Å². The second-order valence-corrected chi connectivity index (χ2v) is 4.44. The minimum Gasteiger partial charge on any atom is -0.497 e. The summed E-state index contributed by atoms with van der Waals surface area (Å²) in [5, 5.41) is 8.88. The van der Waals surface area contributed by atoms with Crippen molar-refractivity contribution in [3.63, 3.8) is 0 Å². The molecule has 1 aliphatic heterocycles. The lowest BCUT2D eigenvalue weighted by atomic mass is 10.0. The molecule has 1 aromatic rings. The number of aliphatic carboxylic acids is 1. The van der Waals surface area contributed by atoms with E-state index in [1.807, 2.05) is 31.0 Å². The number of benzene rings is 1. The van der Waals surface area contributed by atoms with Crippen molar-refractivity contribution in [3.8, 4) is 11.5 Å². The van der Waals surface area contributed by atoms with Gasteiger partial charge in [-0.15, -0.1) is 0 Å². The Morgan fingerprint density at radius 3 is 2.89 bits per heavy atom. The number of likely N-dealkylation sites (N-methyl/N-ethyl adjacent to an activating group) is 1. The molecule has 0 amide bonds. The number of carboxylic acid groups (broad SMARTS) is 1. The highest BCUT2D eigenvalue weighted by atomic mass is 16.5. The van der Waals surface area contributed by atoms with E-state index in [0.717, 1.165) is 11.4 Å². The first-order chi connectivity index (χ1) is 8.52. The van der Waals surface area contributed by atoms with Crippen molar-refractivity contribution in [2.24, 2.45) is 0 Å². The topological polar surface area (TPSA) is 59.0 Å². The molecule has 2 rings (SSSR count). The highest BCUT2D eigenvalue weighted by Gasteiger charge is 2.32. The molecule has 18 heavy (non-hydrogen) atoms. The Kier molecular flexibility index (Phi) is 3.32. The minimum atomic E-state index is -0.850. The van der Waals surface area contributed by atoms with Gasteiger partial charge in [-0.05, 0) is 19.1 Å². The molecule has 0 spiro atoms. The maximum atomic E-state index is 10.8. The Bertz CT molecular complexity index is 460. The second kappa shape index (κ2) is 4.76. The van der Waals surface area contributed by atoms with Gasteiger partial charge in [0.1, 0.15) is 17.6 Å². The smallest absolute Gasteiger partial charge is 0.307 e. The zero-order chi connectivity index (χ0) is 13.3. The lowest BCUT2D eigenvalue weighted by molar-refractivity contribution is -0.139. The third-order valence-electron chi connectivity index (χ3n) is 3.35. The van der Waals surface area contributed by atoms with Crippen LogP contribution in [-0.2, 0) is 4.79 Å². The number of nitrogens with zero attached hydrogens (tertiary/aromatic N) is 1. The molecule has 0 aliphatic carbocycles. The van der Waals surface area contributed by atoms with E-state index in [9.17, 15) is 4.79 Å². The largest absolute Gasteiger partial charge is 0.497 e. The lowest BCUT2D eigenvalue weighted by Crippen LogP contribution is -2.46. The van der Waals surface area contributed by atoms with Gasteiger partial charge in [0.15, 0.2) is 0 Å². The van der Waals surface area contributed by atoms with Crippen molar-refractivity contribution in [2.75, 3.05) is 19.1 Å². The van der Waals surface area contributed by atoms with Crippen LogP contribution in [0.3, 0.4) is 0 Å². The number of rotatable bonds is 3. The summed E-state index contributed by atoms with van der Waals surface area (Å²) in [4.78, 5) is 12.8. The normalized spacial score (nSPS) is 22.1. The third-order valence-corrected chi connectivity index (χ3v) is 3.35. The van der Waals surface area contributed by atoms with Gasteiger partial charge >= 0.3 is 5.97 Å². The van der Waals surface area contributed by atoms with E-state index in [1.54, 1.807) is 13.2 Å². The molecule has 1 aliphatic rings. The van der Waals surface area contributed by atoms with Crippen molar-refractivity contribution >= 4 is 11.7 Å². The van der Waals surface area contributed by atoms with Crippen molar-refractivity contribution in [2.45, 2.75) is 25.5 Å². The predicted octanol–water partition coefficient (Wildman–Crippen LogP) is 1.76. The molecule has 0 bridgehead atoms. The first-order valence-electron chi connectivity index (χ1n) is 5.82. The van der Waals surface area contributed by atoms with Crippen LogP contribution < -0.4 is 14.4 Å². The monoisotopic (exact) mass is 251 g/mol. The van der Waals surface area contributed by atoms with Gasteiger partial charge in [0.25, 0.3) is 0 Å². The van der Waals surface area contributed by atoms with Crippen LogP contribution in [0.1, 0.15) is 13.3 Å². The first-order valence-corrected chi connectivity index (χ1v) is 5.82. The summed E-state index contributed by atoms with van der Waals surface area (Å²) in [6.45, 7) is 1.95. The molecule has 98 valence electrons. The fraction of sp³-hybridized carbons (Fsp3) is 0.462. The lowest BCUT2D eigenvalue weighted by Gasteiger charge is -2.39.